The van der Waals surface area contributed by atoms with Crippen molar-refractivity contribution in [2.24, 2.45) is 0 Å². The van der Waals surface area contributed by atoms with Crippen molar-refractivity contribution in [2.45, 2.75) is 37.5 Å². The van der Waals surface area contributed by atoms with Gasteiger partial charge < -0.3 is 0 Å². The zero-order valence-corrected chi connectivity index (χ0v) is 14.2. The van der Waals surface area contributed by atoms with Crippen LogP contribution in [0.3, 0.4) is 0 Å². The molecule has 3 aromatic carbocycles. The molecule has 120 valence electrons. The van der Waals surface area contributed by atoms with Gasteiger partial charge in [0.05, 0.1) is 0 Å². The highest BCUT2D eigenvalue weighted by molar-refractivity contribution is 5.45. The largest absolute Gasteiger partial charge is 0.0622 e. The smallest absolute Gasteiger partial charge is 0.00979 e. The summed E-state index contributed by atoms with van der Waals surface area (Å²) in [6.45, 7) is 2.37. The van der Waals surface area contributed by atoms with E-state index in [-0.39, 0.29) is 0 Å². The van der Waals surface area contributed by atoms with E-state index < -0.39 is 0 Å². The van der Waals surface area contributed by atoms with E-state index in [9.17, 15) is 0 Å². The molecule has 0 heteroatoms. The van der Waals surface area contributed by atoms with Crippen LogP contribution in [0.4, 0.5) is 0 Å². The predicted molar refractivity (Wildman–Crippen MR) is 102 cm³/mol. The average Bonchev–Trinajstić information content (AvgIpc) is 3.02. The molecule has 0 unspecified atom stereocenters. The number of benzene rings is 3. The summed E-state index contributed by atoms with van der Waals surface area (Å²) in [7, 11) is 0. The Morgan fingerprint density at radius 2 is 1.33 bits per heavy atom. The van der Waals surface area contributed by atoms with Crippen LogP contribution < -0.4 is 0 Å². The van der Waals surface area contributed by atoms with Crippen molar-refractivity contribution in [3.63, 3.8) is 0 Å². The summed E-state index contributed by atoms with van der Waals surface area (Å²) in [6.07, 6.45) is 2.46. The minimum Gasteiger partial charge on any atom is -0.0622 e. The summed E-state index contributed by atoms with van der Waals surface area (Å²) in [5.41, 5.74) is 6.01. The molecule has 0 bridgehead atoms. The highest BCUT2D eigenvalue weighted by atomic mass is 14.4. The minimum absolute atomic E-state index is 0.551. The van der Waals surface area contributed by atoms with Crippen LogP contribution in [-0.4, -0.2) is 0 Å². The first-order valence-corrected chi connectivity index (χ1v) is 9.01. The maximum atomic E-state index is 2.37. The van der Waals surface area contributed by atoms with Crippen LogP contribution in [0.2, 0.25) is 0 Å². The second kappa shape index (κ2) is 6.65. The van der Waals surface area contributed by atoms with Gasteiger partial charge in [0.2, 0.25) is 0 Å². The van der Waals surface area contributed by atoms with Gasteiger partial charge >= 0.3 is 0 Å². The van der Waals surface area contributed by atoms with Gasteiger partial charge in [0.1, 0.15) is 0 Å². The fraction of sp³-hybridized carbons (Fsp3) is 0.250. The third kappa shape index (κ3) is 2.89. The number of fused-ring (bicyclic) bond motifs is 1. The lowest BCUT2D eigenvalue weighted by atomic mass is 9.86. The second-order valence-electron chi connectivity index (χ2n) is 7.07. The van der Waals surface area contributed by atoms with Crippen LogP contribution in [-0.2, 0) is 0 Å². The molecule has 0 heterocycles. The Bertz CT molecular complexity index is 787. The molecule has 0 fully saturated rings. The molecule has 24 heavy (non-hydrogen) atoms. The molecule has 0 nitrogen and oxygen atoms in total. The van der Waals surface area contributed by atoms with Crippen molar-refractivity contribution in [3.05, 3.63) is 107 Å². The molecule has 0 aromatic heterocycles. The van der Waals surface area contributed by atoms with E-state index in [4.69, 9.17) is 0 Å². The first kappa shape index (κ1) is 15.2. The monoisotopic (exact) mass is 312 g/mol. The van der Waals surface area contributed by atoms with Crippen molar-refractivity contribution in [1.82, 2.24) is 0 Å². The SMILES string of the molecule is C[C@@H](C[C@H]1C[C@H](c2ccccc2)c2ccccc21)c1ccccc1. The lowest BCUT2D eigenvalue weighted by molar-refractivity contribution is 0.537. The first-order valence-electron chi connectivity index (χ1n) is 9.01. The molecule has 1 aliphatic rings. The van der Waals surface area contributed by atoms with Gasteiger partial charge in [0, 0.05) is 5.92 Å². The highest BCUT2D eigenvalue weighted by Gasteiger charge is 2.32. The summed E-state index contributed by atoms with van der Waals surface area (Å²) in [5.74, 6) is 1.80. The molecule has 0 amide bonds. The van der Waals surface area contributed by atoms with Gasteiger partial charge in [0.25, 0.3) is 0 Å². The molecular weight excluding hydrogens is 288 g/mol. The quantitative estimate of drug-likeness (QED) is 0.516. The average molecular weight is 312 g/mol. The zero-order chi connectivity index (χ0) is 16.4. The van der Waals surface area contributed by atoms with Gasteiger partial charge in [-0.25, -0.2) is 0 Å². The number of hydrogen-bond donors (Lipinski definition) is 0. The van der Waals surface area contributed by atoms with Crippen molar-refractivity contribution in [3.8, 4) is 0 Å². The molecule has 1 aliphatic carbocycles. The maximum absolute atomic E-state index is 2.37. The third-order valence-corrected chi connectivity index (χ3v) is 5.54. The van der Waals surface area contributed by atoms with Crippen molar-refractivity contribution >= 4 is 0 Å². The predicted octanol–water partition coefficient (Wildman–Crippen LogP) is 6.50. The molecular formula is C24H24. The molecule has 0 aliphatic heterocycles. The topological polar surface area (TPSA) is 0 Å². The zero-order valence-electron chi connectivity index (χ0n) is 14.2. The second-order valence-corrected chi connectivity index (χ2v) is 7.07. The Morgan fingerprint density at radius 3 is 2.04 bits per heavy atom. The summed E-state index contributed by atoms with van der Waals surface area (Å²) < 4.78 is 0. The Morgan fingerprint density at radius 1 is 0.750 bits per heavy atom. The highest BCUT2D eigenvalue weighted by Crippen LogP contribution is 2.48. The van der Waals surface area contributed by atoms with E-state index in [0.29, 0.717) is 17.8 Å². The molecule has 0 N–H and O–H groups in total. The van der Waals surface area contributed by atoms with Crippen LogP contribution in [0.1, 0.15) is 59.8 Å². The van der Waals surface area contributed by atoms with Crippen LogP contribution >= 0.6 is 0 Å². The normalized spacial score (nSPS) is 20.5. The van der Waals surface area contributed by atoms with Gasteiger partial charge in [-0.3, -0.25) is 0 Å². The Hall–Kier alpha value is -2.34. The fourth-order valence-corrected chi connectivity index (χ4v) is 4.31. The molecule has 0 saturated carbocycles. The van der Waals surface area contributed by atoms with Gasteiger partial charge in [-0.05, 0) is 46.9 Å². The van der Waals surface area contributed by atoms with Gasteiger partial charge in [-0.2, -0.15) is 0 Å². The van der Waals surface area contributed by atoms with Crippen molar-refractivity contribution < 1.29 is 0 Å². The van der Waals surface area contributed by atoms with E-state index in [1.54, 1.807) is 5.56 Å². The molecule has 0 saturated heterocycles. The van der Waals surface area contributed by atoms with Gasteiger partial charge in [-0.15, -0.1) is 0 Å². The lowest BCUT2D eigenvalue weighted by Crippen LogP contribution is -2.02. The maximum Gasteiger partial charge on any atom is 0.00979 e. The molecule has 3 aromatic rings. The number of rotatable bonds is 4. The van der Waals surface area contributed by atoms with Crippen LogP contribution in [0, 0.1) is 0 Å². The van der Waals surface area contributed by atoms with E-state index in [0.717, 1.165) is 0 Å². The van der Waals surface area contributed by atoms with Crippen LogP contribution in [0.25, 0.3) is 0 Å². The number of hydrogen-bond acceptors (Lipinski definition) is 0. The summed E-state index contributed by atoms with van der Waals surface area (Å²) >= 11 is 0. The first-order chi connectivity index (χ1) is 11.8. The third-order valence-electron chi connectivity index (χ3n) is 5.54. The fourth-order valence-electron chi connectivity index (χ4n) is 4.31. The van der Waals surface area contributed by atoms with E-state index in [1.165, 1.54) is 29.5 Å². The van der Waals surface area contributed by atoms with Crippen LogP contribution in [0.5, 0.6) is 0 Å². The Balaban J connectivity index is 1.61. The lowest BCUT2D eigenvalue weighted by Gasteiger charge is -2.18. The standard InChI is InChI=1S/C24H24/c1-18(19-10-4-2-5-11-19)16-21-17-24(20-12-6-3-7-13-20)23-15-9-8-14-22(21)23/h2-15,18,21,24H,16-17H2,1H3/t18-,21-,24+/m0/s1. The van der Waals surface area contributed by atoms with Crippen molar-refractivity contribution in [1.29, 1.82) is 0 Å². The van der Waals surface area contributed by atoms with Gasteiger partial charge in [-0.1, -0.05) is 91.9 Å². The Kier molecular flexibility index (Phi) is 4.21. The minimum atomic E-state index is 0.551. The Labute approximate surface area is 145 Å². The summed E-state index contributed by atoms with van der Waals surface area (Å²) in [4.78, 5) is 0. The molecule has 4 rings (SSSR count). The summed E-state index contributed by atoms with van der Waals surface area (Å²) in [6, 6.07) is 31.0. The van der Waals surface area contributed by atoms with E-state index in [2.05, 4.69) is 91.9 Å². The van der Waals surface area contributed by atoms with Crippen molar-refractivity contribution in [2.75, 3.05) is 0 Å². The summed E-state index contributed by atoms with van der Waals surface area (Å²) in [5, 5.41) is 0. The van der Waals surface area contributed by atoms with Gasteiger partial charge in [0.15, 0.2) is 0 Å². The van der Waals surface area contributed by atoms with E-state index >= 15 is 0 Å². The molecule has 0 radical (unpaired) electrons. The molecule has 3 atom stereocenters. The molecule has 0 spiro atoms. The van der Waals surface area contributed by atoms with E-state index in [1.807, 2.05) is 0 Å². The van der Waals surface area contributed by atoms with Crippen LogP contribution in [0.15, 0.2) is 84.9 Å².